The van der Waals surface area contributed by atoms with E-state index in [2.05, 4.69) is 10.2 Å². The lowest BCUT2D eigenvalue weighted by atomic mass is 10.0. The highest BCUT2D eigenvalue weighted by atomic mass is 35.5. The molecule has 1 N–H and O–H groups in total. The molecule has 27 heavy (non-hydrogen) atoms. The molecule has 1 aliphatic heterocycles. The van der Waals surface area contributed by atoms with E-state index < -0.39 is 20.5 Å². The zero-order valence-corrected chi connectivity index (χ0v) is 15.9. The Morgan fingerprint density at radius 1 is 1.15 bits per heavy atom. The van der Waals surface area contributed by atoms with Crippen molar-refractivity contribution in [1.29, 1.82) is 0 Å². The molecule has 1 fully saturated rings. The van der Waals surface area contributed by atoms with E-state index in [1.807, 2.05) is 6.07 Å². The van der Waals surface area contributed by atoms with Crippen molar-refractivity contribution in [2.24, 2.45) is 0 Å². The first-order valence-electron chi connectivity index (χ1n) is 8.19. The SMILES string of the molecule is Cl.O=S(=O)(c1ccc(CN2CCNCC2c2cccc(F)c2)cc1)C(F)F. The Hall–Kier alpha value is -1.61. The van der Waals surface area contributed by atoms with Gasteiger partial charge in [-0.05, 0) is 35.4 Å². The lowest BCUT2D eigenvalue weighted by Crippen LogP contribution is -2.45. The summed E-state index contributed by atoms with van der Waals surface area (Å²) in [5.41, 5.74) is 1.66. The first-order valence-corrected chi connectivity index (χ1v) is 9.74. The highest BCUT2D eigenvalue weighted by Crippen LogP contribution is 2.25. The highest BCUT2D eigenvalue weighted by molar-refractivity contribution is 7.91. The van der Waals surface area contributed by atoms with Gasteiger partial charge in [-0.25, -0.2) is 12.8 Å². The van der Waals surface area contributed by atoms with E-state index in [0.29, 0.717) is 13.1 Å². The second-order valence-electron chi connectivity index (χ2n) is 6.20. The third-order valence-electron chi connectivity index (χ3n) is 4.46. The Labute approximate surface area is 162 Å². The van der Waals surface area contributed by atoms with E-state index >= 15 is 0 Å². The first-order chi connectivity index (χ1) is 12.4. The first kappa shape index (κ1) is 21.7. The van der Waals surface area contributed by atoms with Crippen molar-refractivity contribution in [3.05, 3.63) is 65.5 Å². The van der Waals surface area contributed by atoms with E-state index in [0.717, 1.165) is 24.2 Å². The maximum Gasteiger partial charge on any atom is 0.341 e. The molecule has 9 heteroatoms. The number of nitrogens with zero attached hydrogens (tertiary/aromatic N) is 1. The number of piperazine rings is 1. The van der Waals surface area contributed by atoms with E-state index in [-0.39, 0.29) is 24.3 Å². The van der Waals surface area contributed by atoms with Crippen molar-refractivity contribution < 1.29 is 21.6 Å². The normalized spacial score (nSPS) is 18.3. The molecular formula is C18H20ClF3N2O2S. The van der Waals surface area contributed by atoms with Crippen LogP contribution in [0.25, 0.3) is 0 Å². The number of benzene rings is 2. The largest absolute Gasteiger partial charge is 0.341 e. The average Bonchev–Trinajstić information content (AvgIpc) is 2.62. The fourth-order valence-corrected chi connectivity index (χ4v) is 3.82. The van der Waals surface area contributed by atoms with Crippen molar-refractivity contribution in [3.8, 4) is 0 Å². The van der Waals surface area contributed by atoms with Crippen LogP contribution in [0.3, 0.4) is 0 Å². The summed E-state index contributed by atoms with van der Waals surface area (Å²) in [5, 5.41) is 3.28. The van der Waals surface area contributed by atoms with Crippen LogP contribution in [0.4, 0.5) is 13.2 Å². The molecule has 0 saturated carbocycles. The number of alkyl halides is 2. The van der Waals surface area contributed by atoms with Gasteiger partial charge in [-0.2, -0.15) is 8.78 Å². The monoisotopic (exact) mass is 420 g/mol. The van der Waals surface area contributed by atoms with Crippen molar-refractivity contribution in [3.63, 3.8) is 0 Å². The number of halogens is 4. The quantitative estimate of drug-likeness (QED) is 0.805. The Kier molecular flexibility index (Phi) is 7.27. The summed E-state index contributed by atoms with van der Waals surface area (Å²) < 4.78 is 61.8. The fraction of sp³-hybridized carbons (Fsp3) is 0.333. The van der Waals surface area contributed by atoms with Crippen LogP contribution in [0.1, 0.15) is 17.2 Å². The molecule has 1 heterocycles. The number of sulfone groups is 1. The van der Waals surface area contributed by atoms with Gasteiger partial charge in [0, 0.05) is 32.2 Å². The molecule has 3 rings (SSSR count). The van der Waals surface area contributed by atoms with E-state index in [1.165, 1.54) is 24.3 Å². The third-order valence-corrected chi connectivity index (χ3v) is 5.86. The Bertz CT molecular complexity index is 863. The molecular weight excluding hydrogens is 401 g/mol. The molecule has 148 valence electrons. The molecule has 0 bridgehead atoms. The van der Waals surface area contributed by atoms with Gasteiger partial charge in [0.05, 0.1) is 4.90 Å². The van der Waals surface area contributed by atoms with Crippen LogP contribution < -0.4 is 5.32 Å². The van der Waals surface area contributed by atoms with Gasteiger partial charge in [-0.1, -0.05) is 24.3 Å². The van der Waals surface area contributed by atoms with Gasteiger partial charge in [0.1, 0.15) is 5.82 Å². The van der Waals surface area contributed by atoms with E-state index in [9.17, 15) is 21.6 Å². The van der Waals surface area contributed by atoms with Gasteiger partial charge in [-0.3, -0.25) is 4.90 Å². The molecule has 0 spiro atoms. The molecule has 2 aromatic carbocycles. The molecule has 0 aliphatic carbocycles. The number of hydrogen-bond acceptors (Lipinski definition) is 4. The lowest BCUT2D eigenvalue weighted by molar-refractivity contribution is 0.153. The van der Waals surface area contributed by atoms with E-state index in [1.54, 1.807) is 18.2 Å². The summed E-state index contributed by atoms with van der Waals surface area (Å²) in [4.78, 5) is 1.76. The van der Waals surface area contributed by atoms with Gasteiger partial charge in [0.2, 0.25) is 9.84 Å². The summed E-state index contributed by atoms with van der Waals surface area (Å²) in [6.45, 7) is 2.70. The summed E-state index contributed by atoms with van der Waals surface area (Å²) >= 11 is 0. The molecule has 1 unspecified atom stereocenters. The van der Waals surface area contributed by atoms with Crippen LogP contribution in [0.15, 0.2) is 53.4 Å². The van der Waals surface area contributed by atoms with Crippen molar-refractivity contribution in [2.75, 3.05) is 19.6 Å². The van der Waals surface area contributed by atoms with Gasteiger partial charge >= 0.3 is 5.76 Å². The lowest BCUT2D eigenvalue weighted by Gasteiger charge is -2.36. The van der Waals surface area contributed by atoms with Crippen LogP contribution in [-0.4, -0.2) is 38.7 Å². The van der Waals surface area contributed by atoms with Gasteiger partial charge < -0.3 is 5.32 Å². The Morgan fingerprint density at radius 3 is 2.48 bits per heavy atom. The number of rotatable bonds is 5. The zero-order valence-electron chi connectivity index (χ0n) is 14.3. The molecule has 0 aromatic heterocycles. The Morgan fingerprint density at radius 2 is 1.85 bits per heavy atom. The fourth-order valence-electron chi connectivity index (χ4n) is 3.10. The minimum absolute atomic E-state index is 0. The van der Waals surface area contributed by atoms with Gasteiger partial charge in [0.25, 0.3) is 0 Å². The molecule has 0 radical (unpaired) electrons. The topological polar surface area (TPSA) is 49.4 Å². The Balaban J connectivity index is 0.00000261. The van der Waals surface area contributed by atoms with Crippen LogP contribution in [-0.2, 0) is 16.4 Å². The summed E-state index contributed by atoms with van der Waals surface area (Å²) in [6, 6.07) is 11.9. The molecule has 1 atom stereocenters. The average molecular weight is 421 g/mol. The second kappa shape index (κ2) is 9.05. The summed E-state index contributed by atoms with van der Waals surface area (Å²) in [7, 11) is -4.58. The molecule has 0 amide bonds. The van der Waals surface area contributed by atoms with Crippen LogP contribution >= 0.6 is 12.4 Å². The molecule has 1 saturated heterocycles. The number of hydrogen-bond donors (Lipinski definition) is 1. The van der Waals surface area contributed by atoms with Crippen molar-refractivity contribution >= 4 is 22.2 Å². The molecule has 4 nitrogen and oxygen atoms in total. The molecule has 1 aliphatic rings. The van der Waals surface area contributed by atoms with Crippen LogP contribution in [0, 0.1) is 5.82 Å². The summed E-state index contributed by atoms with van der Waals surface area (Å²) in [6.07, 6.45) is 0. The smallest absolute Gasteiger partial charge is 0.314 e. The van der Waals surface area contributed by atoms with Crippen LogP contribution in [0.5, 0.6) is 0 Å². The number of nitrogens with one attached hydrogen (secondary N) is 1. The standard InChI is InChI=1S/C18H19F3N2O2S.ClH/c19-15-3-1-2-14(10-15)17-11-22-8-9-23(17)12-13-4-6-16(7-5-13)26(24,25)18(20)21;/h1-7,10,17-18,22H,8-9,11-12H2;1H. The predicted octanol–water partition coefficient (Wildman–Crippen LogP) is 3.39. The van der Waals surface area contributed by atoms with Gasteiger partial charge in [-0.15, -0.1) is 12.4 Å². The van der Waals surface area contributed by atoms with Crippen molar-refractivity contribution in [1.82, 2.24) is 10.2 Å². The molecule has 2 aromatic rings. The van der Waals surface area contributed by atoms with Crippen LogP contribution in [0.2, 0.25) is 0 Å². The maximum atomic E-state index is 13.5. The second-order valence-corrected chi connectivity index (χ2v) is 8.11. The predicted molar refractivity (Wildman–Crippen MR) is 99.3 cm³/mol. The summed E-state index contributed by atoms with van der Waals surface area (Å²) in [5.74, 6) is -3.73. The highest BCUT2D eigenvalue weighted by Gasteiger charge is 2.27. The maximum absolute atomic E-state index is 13.5. The minimum atomic E-state index is -4.58. The van der Waals surface area contributed by atoms with Gasteiger partial charge in [0.15, 0.2) is 0 Å². The van der Waals surface area contributed by atoms with E-state index in [4.69, 9.17) is 0 Å². The minimum Gasteiger partial charge on any atom is -0.314 e. The van der Waals surface area contributed by atoms with Crippen molar-refractivity contribution in [2.45, 2.75) is 23.2 Å². The third kappa shape index (κ3) is 5.01. The zero-order chi connectivity index (χ0) is 18.7.